The second kappa shape index (κ2) is 11.6. The fourth-order valence-electron chi connectivity index (χ4n) is 3.52. The first-order valence-corrected chi connectivity index (χ1v) is 13.0. The maximum absolute atomic E-state index is 13.0. The Morgan fingerprint density at radius 3 is 2.39 bits per heavy atom. The maximum atomic E-state index is 13.0. The molecule has 4 rings (SSSR count). The zero-order chi connectivity index (χ0) is 25.8. The van der Waals surface area contributed by atoms with Gasteiger partial charge in [0.25, 0.3) is 11.1 Å². The van der Waals surface area contributed by atoms with Gasteiger partial charge in [-0.15, -0.1) is 0 Å². The smallest absolute Gasteiger partial charge is 0.293 e. The number of thioether (sulfide) groups is 1. The number of imide groups is 1. The molecular weight excluding hydrogens is 541 g/mol. The van der Waals surface area contributed by atoms with Crippen molar-refractivity contribution in [2.45, 2.75) is 27.0 Å². The van der Waals surface area contributed by atoms with Crippen LogP contribution in [-0.4, -0.2) is 22.7 Å². The van der Waals surface area contributed by atoms with Crippen LogP contribution in [0.4, 0.5) is 4.79 Å². The largest absolute Gasteiger partial charge is 0.490 e. The van der Waals surface area contributed by atoms with Crippen molar-refractivity contribution in [3.63, 3.8) is 0 Å². The summed E-state index contributed by atoms with van der Waals surface area (Å²) in [5, 5.41) is 0.823. The summed E-state index contributed by atoms with van der Waals surface area (Å²) < 4.78 is 11.7. The van der Waals surface area contributed by atoms with Gasteiger partial charge in [0.15, 0.2) is 11.5 Å². The lowest BCUT2D eigenvalue weighted by molar-refractivity contribution is -0.123. The Kier molecular flexibility index (Phi) is 8.52. The molecule has 1 aliphatic heterocycles. The quantitative estimate of drug-likeness (QED) is 0.259. The molecule has 3 aromatic rings. The van der Waals surface area contributed by atoms with E-state index in [1.54, 1.807) is 36.4 Å². The number of hydrogen-bond donors (Lipinski definition) is 0. The highest BCUT2D eigenvalue weighted by atomic mass is 35.5. The van der Waals surface area contributed by atoms with Gasteiger partial charge in [-0.05, 0) is 72.6 Å². The van der Waals surface area contributed by atoms with Crippen LogP contribution in [0.15, 0.2) is 59.5 Å². The van der Waals surface area contributed by atoms with Crippen molar-refractivity contribution in [2.75, 3.05) is 6.61 Å². The minimum absolute atomic E-state index is 0.0503. The molecule has 36 heavy (non-hydrogen) atoms. The molecule has 0 N–H and O–H groups in total. The van der Waals surface area contributed by atoms with Gasteiger partial charge in [0.05, 0.1) is 23.1 Å². The average molecular weight is 563 g/mol. The summed E-state index contributed by atoms with van der Waals surface area (Å²) in [5.74, 6) is 0.460. The minimum atomic E-state index is -0.412. The van der Waals surface area contributed by atoms with Crippen LogP contribution in [0.1, 0.15) is 29.2 Å². The molecule has 5 nitrogen and oxygen atoms in total. The van der Waals surface area contributed by atoms with E-state index < -0.39 is 5.91 Å². The molecule has 0 unspecified atom stereocenters. The van der Waals surface area contributed by atoms with E-state index in [0.717, 1.165) is 27.8 Å². The molecule has 186 valence electrons. The SMILES string of the molecule is CCOc1cc(/C=C2\SC(=O)N(Cc3ccc(Cl)cc3Cl)C2=O)cc(Cl)c1OCc1ccc(C)cc1. The van der Waals surface area contributed by atoms with Gasteiger partial charge in [-0.1, -0.05) is 70.7 Å². The predicted octanol–water partition coefficient (Wildman–Crippen LogP) is 8.17. The molecule has 0 bridgehead atoms. The molecule has 0 atom stereocenters. The number of benzene rings is 3. The standard InChI is InChI=1S/C27H22Cl3NO4S/c1-3-34-23-11-18(10-22(30)25(23)35-15-17-6-4-16(2)5-7-17)12-24-26(32)31(27(33)36-24)14-19-8-9-20(28)13-21(19)29/h4-13H,3,14-15H2,1-2H3/b24-12-. The van der Waals surface area contributed by atoms with Crippen molar-refractivity contribution in [1.29, 1.82) is 0 Å². The summed E-state index contributed by atoms with van der Waals surface area (Å²) >= 11 is 19.6. The van der Waals surface area contributed by atoms with E-state index in [1.807, 2.05) is 38.1 Å². The zero-order valence-corrected chi connectivity index (χ0v) is 22.6. The van der Waals surface area contributed by atoms with Gasteiger partial charge in [0, 0.05) is 10.0 Å². The fourth-order valence-corrected chi connectivity index (χ4v) is 5.10. The van der Waals surface area contributed by atoms with Crippen molar-refractivity contribution in [3.05, 3.63) is 96.8 Å². The molecule has 1 aliphatic rings. The third kappa shape index (κ3) is 6.19. The molecule has 1 heterocycles. The Bertz CT molecular complexity index is 1340. The second-order valence-electron chi connectivity index (χ2n) is 8.04. The molecule has 0 aromatic heterocycles. The number of aryl methyl sites for hydroxylation is 1. The molecule has 1 saturated heterocycles. The molecule has 0 spiro atoms. The van der Waals surface area contributed by atoms with Gasteiger partial charge in [-0.2, -0.15) is 0 Å². The number of nitrogens with zero attached hydrogens (tertiary/aromatic N) is 1. The first-order chi connectivity index (χ1) is 17.2. The van der Waals surface area contributed by atoms with Gasteiger partial charge >= 0.3 is 0 Å². The number of rotatable bonds is 8. The Morgan fingerprint density at radius 1 is 0.944 bits per heavy atom. The molecule has 9 heteroatoms. The molecule has 2 amide bonds. The molecule has 0 radical (unpaired) electrons. The summed E-state index contributed by atoms with van der Waals surface area (Å²) in [6, 6.07) is 16.4. The van der Waals surface area contributed by atoms with E-state index in [9.17, 15) is 9.59 Å². The summed E-state index contributed by atoms with van der Waals surface area (Å²) in [6.45, 7) is 4.66. The molecule has 0 aliphatic carbocycles. The lowest BCUT2D eigenvalue weighted by Crippen LogP contribution is -2.27. The van der Waals surface area contributed by atoms with E-state index in [-0.39, 0.29) is 16.7 Å². The van der Waals surface area contributed by atoms with E-state index in [0.29, 0.717) is 50.9 Å². The highest BCUT2D eigenvalue weighted by Crippen LogP contribution is 2.40. The second-order valence-corrected chi connectivity index (χ2v) is 10.3. The Balaban J connectivity index is 1.55. The predicted molar refractivity (Wildman–Crippen MR) is 146 cm³/mol. The van der Waals surface area contributed by atoms with E-state index in [1.165, 1.54) is 0 Å². The number of amides is 2. The lowest BCUT2D eigenvalue weighted by Gasteiger charge is -2.15. The Hall–Kier alpha value is -2.64. The van der Waals surface area contributed by atoms with E-state index in [2.05, 4.69) is 0 Å². The summed E-state index contributed by atoms with van der Waals surface area (Å²) in [6.07, 6.45) is 1.62. The van der Waals surface area contributed by atoms with Crippen LogP contribution in [-0.2, 0) is 17.9 Å². The van der Waals surface area contributed by atoms with Crippen LogP contribution < -0.4 is 9.47 Å². The lowest BCUT2D eigenvalue weighted by atomic mass is 10.1. The van der Waals surface area contributed by atoms with Gasteiger partial charge in [-0.3, -0.25) is 14.5 Å². The van der Waals surface area contributed by atoms with Crippen LogP contribution >= 0.6 is 46.6 Å². The number of hydrogen-bond acceptors (Lipinski definition) is 5. The number of halogens is 3. The fraction of sp³-hybridized carbons (Fsp3) is 0.185. The van der Waals surface area contributed by atoms with Gasteiger partial charge in [0.1, 0.15) is 6.61 Å². The highest BCUT2D eigenvalue weighted by molar-refractivity contribution is 8.18. The summed E-state index contributed by atoms with van der Waals surface area (Å²) in [5.41, 5.74) is 3.40. The van der Waals surface area contributed by atoms with E-state index >= 15 is 0 Å². The first-order valence-electron chi connectivity index (χ1n) is 11.1. The topological polar surface area (TPSA) is 55.8 Å². The normalized spacial score (nSPS) is 14.6. The number of ether oxygens (including phenoxy) is 2. The maximum Gasteiger partial charge on any atom is 0.293 e. The van der Waals surface area contributed by atoms with Crippen molar-refractivity contribution in [1.82, 2.24) is 4.90 Å². The summed E-state index contributed by atoms with van der Waals surface area (Å²) in [4.78, 5) is 27.0. The van der Waals surface area contributed by atoms with E-state index in [4.69, 9.17) is 44.3 Å². The van der Waals surface area contributed by atoms with Gasteiger partial charge in [0.2, 0.25) is 0 Å². The van der Waals surface area contributed by atoms with Crippen molar-refractivity contribution in [2.24, 2.45) is 0 Å². The molecule has 1 fully saturated rings. The third-order valence-electron chi connectivity index (χ3n) is 5.35. The van der Waals surface area contributed by atoms with Crippen molar-refractivity contribution >= 4 is 63.8 Å². The first kappa shape index (κ1) is 26.4. The van der Waals surface area contributed by atoms with Crippen LogP contribution in [0.5, 0.6) is 11.5 Å². The van der Waals surface area contributed by atoms with Gasteiger partial charge < -0.3 is 9.47 Å². The zero-order valence-electron chi connectivity index (χ0n) is 19.5. The number of carbonyl (C=O) groups excluding carboxylic acids is 2. The number of carbonyl (C=O) groups is 2. The summed E-state index contributed by atoms with van der Waals surface area (Å²) in [7, 11) is 0. The van der Waals surface area contributed by atoms with Crippen molar-refractivity contribution in [3.8, 4) is 11.5 Å². The van der Waals surface area contributed by atoms with Crippen LogP contribution in [0.2, 0.25) is 15.1 Å². The Labute approximate surface area is 228 Å². The van der Waals surface area contributed by atoms with Crippen LogP contribution in [0.3, 0.4) is 0 Å². The minimum Gasteiger partial charge on any atom is -0.490 e. The third-order valence-corrected chi connectivity index (χ3v) is 7.13. The van der Waals surface area contributed by atoms with Gasteiger partial charge in [-0.25, -0.2) is 0 Å². The average Bonchev–Trinajstić information content (AvgIpc) is 3.08. The monoisotopic (exact) mass is 561 g/mol. The molecular formula is C27H22Cl3NO4S. The Morgan fingerprint density at radius 2 is 1.69 bits per heavy atom. The molecule has 0 saturated carbocycles. The molecule has 3 aromatic carbocycles. The van der Waals surface area contributed by atoms with Crippen molar-refractivity contribution < 1.29 is 19.1 Å². The van der Waals surface area contributed by atoms with Crippen LogP contribution in [0, 0.1) is 6.92 Å². The van der Waals surface area contributed by atoms with Crippen LogP contribution in [0.25, 0.3) is 6.08 Å². The highest BCUT2D eigenvalue weighted by Gasteiger charge is 2.35.